The van der Waals surface area contributed by atoms with Crippen molar-refractivity contribution in [3.63, 3.8) is 0 Å². The van der Waals surface area contributed by atoms with Crippen molar-refractivity contribution < 1.29 is 19.0 Å². The number of carbonyl (C=O) groups is 1. The molecule has 120 valence electrons. The van der Waals surface area contributed by atoms with Crippen LogP contribution in [0.5, 0.6) is 0 Å². The number of hydrogen-bond donors (Lipinski definition) is 0. The first-order valence-electron chi connectivity index (χ1n) is 7.87. The molecule has 2 fully saturated rings. The van der Waals surface area contributed by atoms with Gasteiger partial charge in [-0.2, -0.15) is 0 Å². The van der Waals surface area contributed by atoms with Gasteiger partial charge in [0.2, 0.25) is 0 Å². The second-order valence-electron chi connectivity index (χ2n) is 6.74. The molecule has 0 aromatic rings. The fourth-order valence-corrected chi connectivity index (χ4v) is 4.15. The topological polar surface area (TPSA) is 44.8 Å². The molecule has 4 heteroatoms. The van der Waals surface area contributed by atoms with Gasteiger partial charge in [0.05, 0.1) is 25.7 Å². The third-order valence-electron chi connectivity index (χ3n) is 5.44. The summed E-state index contributed by atoms with van der Waals surface area (Å²) in [6.07, 6.45) is 3.46. The molecule has 0 aromatic heterocycles. The monoisotopic (exact) mass is 296 g/mol. The third kappa shape index (κ3) is 2.88. The molecule has 0 N–H and O–H groups in total. The molecule has 1 aliphatic carbocycles. The van der Waals surface area contributed by atoms with Crippen molar-refractivity contribution in [3.05, 3.63) is 12.2 Å². The van der Waals surface area contributed by atoms with Gasteiger partial charge in [-0.15, -0.1) is 0 Å². The summed E-state index contributed by atoms with van der Waals surface area (Å²) in [5.41, 5.74) is 0.585. The predicted molar refractivity (Wildman–Crippen MR) is 80.7 cm³/mol. The second-order valence-corrected chi connectivity index (χ2v) is 6.74. The zero-order valence-corrected chi connectivity index (χ0v) is 13.7. The Morgan fingerprint density at radius 3 is 2.43 bits per heavy atom. The standard InChI is InChI=1S/C17H28O4/c1-12(2)14-7-6-13(3)17(14,15(18)19-5)9-8-16(4)20-10-11-21-16/h13-14H,1,6-11H2,2-5H3/t13-,14+,17+/m1/s1. The molecule has 0 spiro atoms. The quantitative estimate of drug-likeness (QED) is 0.577. The molecule has 4 nitrogen and oxygen atoms in total. The molecule has 0 bridgehead atoms. The molecule has 1 aliphatic heterocycles. The van der Waals surface area contributed by atoms with Gasteiger partial charge < -0.3 is 14.2 Å². The van der Waals surface area contributed by atoms with Gasteiger partial charge in [0.15, 0.2) is 5.79 Å². The van der Waals surface area contributed by atoms with Crippen molar-refractivity contribution in [1.29, 1.82) is 0 Å². The molecule has 1 saturated carbocycles. The summed E-state index contributed by atoms with van der Waals surface area (Å²) in [4.78, 5) is 12.6. The van der Waals surface area contributed by atoms with E-state index in [4.69, 9.17) is 14.2 Å². The highest BCUT2D eigenvalue weighted by molar-refractivity contribution is 5.78. The van der Waals surface area contributed by atoms with Crippen molar-refractivity contribution in [3.8, 4) is 0 Å². The SMILES string of the molecule is C=C(C)[C@@H]1CC[C@@H](C)[C@]1(CCC1(C)OCCO1)C(=O)OC. The summed E-state index contributed by atoms with van der Waals surface area (Å²) in [5, 5.41) is 0. The summed E-state index contributed by atoms with van der Waals surface area (Å²) in [6, 6.07) is 0. The van der Waals surface area contributed by atoms with Crippen molar-refractivity contribution in [1.82, 2.24) is 0 Å². The van der Waals surface area contributed by atoms with Gasteiger partial charge in [-0.05, 0) is 44.9 Å². The third-order valence-corrected chi connectivity index (χ3v) is 5.44. The van der Waals surface area contributed by atoms with E-state index in [9.17, 15) is 4.79 Å². The first kappa shape index (κ1) is 16.5. The first-order chi connectivity index (χ1) is 9.85. The van der Waals surface area contributed by atoms with Gasteiger partial charge in [-0.3, -0.25) is 4.79 Å². The zero-order valence-electron chi connectivity index (χ0n) is 13.7. The van der Waals surface area contributed by atoms with E-state index in [1.54, 1.807) is 0 Å². The van der Waals surface area contributed by atoms with E-state index in [1.807, 2.05) is 13.8 Å². The Bertz CT molecular complexity index is 411. The van der Waals surface area contributed by atoms with Crippen LogP contribution in [-0.4, -0.2) is 32.1 Å². The Kier molecular flexibility index (Phi) is 4.79. The van der Waals surface area contributed by atoms with Crippen molar-refractivity contribution in [2.45, 2.75) is 52.2 Å². The lowest BCUT2D eigenvalue weighted by molar-refractivity contribution is -0.169. The van der Waals surface area contributed by atoms with Crippen molar-refractivity contribution in [2.24, 2.45) is 17.3 Å². The average Bonchev–Trinajstić information content (AvgIpc) is 3.01. The van der Waals surface area contributed by atoms with Gasteiger partial charge in [0.1, 0.15) is 0 Å². The second kappa shape index (κ2) is 6.09. The van der Waals surface area contributed by atoms with E-state index in [0.717, 1.165) is 24.8 Å². The van der Waals surface area contributed by atoms with E-state index in [-0.39, 0.29) is 17.8 Å². The van der Waals surface area contributed by atoms with Crippen LogP contribution in [0.2, 0.25) is 0 Å². The summed E-state index contributed by atoms with van der Waals surface area (Å²) in [6.45, 7) is 11.5. The molecule has 2 aliphatic rings. The minimum atomic E-state index is -0.567. The van der Waals surface area contributed by atoms with E-state index < -0.39 is 11.2 Å². The van der Waals surface area contributed by atoms with Gasteiger partial charge in [0.25, 0.3) is 0 Å². The van der Waals surface area contributed by atoms with Crippen LogP contribution in [0.25, 0.3) is 0 Å². The largest absolute Gasteiger partial charge is 0.469 e. The van der Waals surface area contributed by atoms with E-state index >= 15 is 0 Å². The number of hydrogen-bond acceptors (Lipinski definition) is 4. The van der Waals surface area contributed by atoms with Crippen molar-refractivity contribution >= 4 is 5.97 Å². The number of carbonyl (C=O) groups excluding carboxylic acids is 1. The molecule has 0 unspecified atom stereocenters. The highest BCUT2D eigenvalue weighted by atomic mass is 16.7. The maximum absolute atomic E-state index is 12.6. The van der Waals surface area contributed by atoms with E-state index in [1.165, 1.54) is 7.11 Å². The molecule has 0 aromatic carbocycles. The lowest BCUT2D eigenvalue weighted by Crippen LogP contribution is -2.43. The van der Waals surface area contributed by atoms with Crippen LogP contribution < -0.4 is 0 Å². The summed E-state index contributed by atoms with van der Waals surface area (Å²) < 4.78 is 16.6. The van der Waals surface area contributed by atoms with E-state index in [0.29, 0.717) is 19.6 Å². The number of rotatable bonds is 5. The number of ether oxygens (including phenoxy) is 3. The van der Waals surface area contributed by atoms with Gasteiger partial charge in [-0.25, -0.2) is 0 Å². The fourth-order valence-electron chi connectivity index (χ4n) is 4.15. The number of methoxy groups -OCH3 is 1. The Hall–Kier alpha value is -0.870. The molecule has 21 heavy (non-hydrogen) atoms. The van der Waals surface area contributed by atoms with Crippen LogP contribution in [0.1, 0.15) is 46.5 Å². The molecular weight excluding hydrogens is 268 g/mol. The zero-order chi connectivity index (χ0) is 15.7. The van der Waals surface area contributed by atoms with Gasteiger partial charge in [-0.1, -0.05) is 19.1 Å². The smallest absolute Gasteiger partial charge is 0.312 e. The van der Waals surface area contributed by atoms with Gasteiger partial charge >= 0.3 is 5.97 Å². The van der Waals surface area contributed by atoms with Crippen LogP contribution >= 0.6 is 0 Å². The van der Waals surface area contributed by atoms with Crippen LogP contribution in [0.4, 0.5) is 0 Å². The van der Waals surface area contributed by atoms with Crippen molar-refractivity contribution in [2.75, 3.05) is 20.3 Å². The van der Waals surface area contributed by atoms with Gasteiger partial charge in [0, 0.05) is 6.42 Å². The molecule has 1 heterocycles. The molecule has 0 radical (unpaired) electrons. The number of allylic oxidation sites excluding steroid dienone is 1. The minimum Gasteiger partial charge on any atom is -0.469 e. The summed E-state index contributed by atoms with van der Waals surface area (Å²) >= 11 is 0. The maximum Gasteiger partial charge on any atom is 0.312 e. The lowest BCUT2D eigenvalue weighted by Gasteiger charge is -2.38. The Balaban J connectivity index is 2.24. The molecule has 3 atom stereocenters. The summed E-state index contributed by atoms with van der Waals surface area (Å²) in [5.74, 6) is -0.202. The average molecular weight is 296 g/mol. The maximum atomic E-state index is 12.6. The highest BCUT2D eigenvalue weighted by Crippen LogP contribution is 2.55. The molecule has 1 saturated heterocycles. The number of esters is 1. The Morgan fingerprint density at radius 1 is 1.29 bits per heavy atom. The molecule has 0 amide bonds. The molecule has 2 rings (SSSR count). The van der Waals surface area contributed by atoms with Crippen LogP contribution in [-0.2, 0) is 19.0 Å². The first-order valence-corrected chi connectivity index (χ1v) is 7.87. The summed E-state index contributed by atoms with van der Waals surface area (Å²) in [7, 11) is 1.48. The normalized spacial score (nSPS) is 34.9. The van der Waals surface area contributed by atoms with Crippen LogP contribution in [0.3, 0.4) is 0 Å². The van der Waals surface area contributed by atoms with Crippen LogP contribution in [0.15, 0.2) is 12.2 Å². The van der Waals surface area contributed by atoms with Crippen LogP contribution in [0, 0.1) is 17.3 Å². The highest BCUT2D eigenvalue weighted by Gasteiger charge is 2.55. The molecular formula is C17H28O4. The van der Waals surface area contributed by atoms with E-state index in [2.05, 4.69) is 13.5 Å². The lowest BCUT2D eigenvalue weighted by atomic mass is 9.67. The fraction of sp³-hybridized carbons (Fsp3) is 0.824. The predicted octanol–water partition coefficient (Wildman–Crippen LogP) is 3.31. The Labute approximate surface area is 127 Å². The minimum absolute atomic E-state index is 0.109. The Morgan fingerprint density at radius 2 is 1.90 bits per heavy atom.